The van der Waals surface area contributed by atoms with E-state index in [2.05, 4.69) is 36.9 Å². The van der Waals surface area contributed by atoms with Crippen molar-refractivity contribution in [2.24, 2.45) is 33.7 Å². The van der Waals surface area contributed by atoms with Gasteiger partial charge in [-0.2, -0.15) is 0 Å². The maximum atomic E-state index is 14.6. The van der Waals surface area contributed by atoms with Crippen molar-refractivity contribution in [2.75, 3.05) is 31.1 Å². The zero-order valence-corrected chi connectivity index (χ0v) is 40.6. The van der Waals surface area contributed by atoms with Crippen LogP contribution in [0.2, 0.25) is 0 Å². The Kier molecular flexibility index (Phi) is 22.9. The molecule has 0 radical (unpaired) electrons. The Morgan fingerprint density at radius 3 is 1.97 bits per heavy atom. The van der Waals surface area contributed by atoms with Crippen molar-refractivity contribution < 1.29 is 53.1 Å². The first-order chi connectivity index (χ1) is 33.8. The lowest BCUT2D eigenvalue weighted by Crippen LogP contribution is -2.61. The van der Waals surface area contributed by atoms with Gasteiger partial charge in [0.05, 0.1) is 25.0 Å². The Balaban J connectivity index is 1.70. The fraction of sp³-hybridized carbons (Fsp3) is 0.489. The van der Waals surface area contributed by atoms with Crippen LogP contribution in [0.15, 0.2) is 59.6 Å². The second kappa shape index (κ2) is 28.7. The van der Waals surface area contributed by atoms with E-state index < -0.39 is 121 Å². The first-order valence-electron chi connectivity index (χ1n) is 22.9. The fourth-order valence-corrected chi connectivity index (χ4v) is 9.92. The maximum Gasteiger partial charge on any atom is 0.246 e. The monoisotopic (exact) mass is 1030 g/mol. The number of nitrogens with two attached hydrogens (primary N) is 5. The molecule has 386 valence electrons. The molecule has 0 aliphatic carbocycles. The highest BCUT2D eigenvalue weighted by molar-refractivity contribution is 8.76. The Labute approximate surface area is 417 Å². The fourth-order valence-electron chi connectivity index (χ4n) is 7.77. The smallest absolute Gasteiger partial charge is 0.246 e. The number of carbonyl (C=O) groups excluding carboxylic acids is 10. The molecule has 0 aromatic heterocycles. The molecule has 0 spiro atoms. The van der Waals surface area contributed by atoms with Crippen LogP contribution < -0.4 is 60.6 Å². The number of hydrogen-bond acceptors (Lipinski definition) is 15. The van der Waals surface area contributed by atoms with Crippen molar-refractivity contribution in [3.05, 3.63) is 65.7 Å². The summed E-state index contributed by atoms with van der Waals surface area (Å²) in [6.45, 7) is -0.0679. The van der Waals surface area contributed by atoms with Gasteiger partial charge in [-0.1, -0.05) is 64.1 Å². The van der Waals surface area contributed by atoms with Gasteiger partial charge in [-0.25, -0.2) is 0 Å². The first-order valence-corrected chi connectivity index (χ1v) is 25.3. The molecule has 17 N–H and O–H groups in total. The van der Waals surface area contributed by atoms with E-state index in [1.807, 2.05) is 0 Å². The summed E-state index contributed by atoms with van der Waals surface area (Å²) in [7, 11) is 2.25. The quantitative estimate of drug-likeness (QED) is 0.0282. The highest BCUT2D eigenvalue weighted by atomic mass is 33.1. The van der Waals surface area contributed by atoms with Gasteiger partial charge in [-0.15, -0.1) is 0 Å². The number of rotatable bonds is 19. The number of likely N-dealkylation sites (tertiary alicyclic amines) is 1. The summed E-state index contributed by atoms with van der Waals surface area (Å²) in [5.41, 5.74) is 28.4. The Hall–Kier alpha value is -6.93. The van der Waals surface area contributed by atoms with Crippen LogP contribution in [0.25, 0.3) is 0 Å². The number of aromatic hydroxyl groups is 1. The number of hydrogen-bond donors (Lipinski definition) is 12. The third-order valence-electron chi connectivity index (χ3n) is 11.3. The number of ketones is 1. The zero-order valence-electron chi connectivity index (χ0n) is 39.0. The minimum Gasteiger partial charge on any atom is -0.508 e. The van der Waals surface area contributed by atoms with Crippen LogP contribution in [0.1, 0.15) is 62.5 Å². The molecule has 71 heavy (non-hydrogen) atoms. The zero-order chi connectivity index (χ0) is 52.0. The molecule has 0 unspecified atom stereocenters. The van der Waals surface area contributed by atoms with E-state index >= 15 is 0 Å². The van der Waals surface area contributed by atoms with Crippen LogP contribution in [0.4, 0.5) is 0 Å². The minimum atomic E-state index is -1.74. The van der Waals surface area contributed by atoms with Gasteiger partial charge >= 0.3 is 0 Å². The molecule has 0 saturated carbocycles. The Morgan fingerprint density at radius 1 is 0.732 bits per heavy atom. The maximum absolute atomic E-state index is 14.6. The summed E-state index contributed by atoms with van der Waals surface area (Å²) in [6.07, 6.45) is -0.772. The van der Waals surface area contributed by atoms with Crippen molar-refractivity contribution in [3.63, 3.8) is 0 Å². The summed E-state index contributed by atoms with van der Waals surface area (Å²) in [5.74, 6) is -8.23. The standard InChI is InChI=1S/C45H63N13O11S2/c46-35(60)15-14-29-40(65)56-32(22-36(47)61)43(68)57-33(44(69)58-18-5-9-34(58)39(64)28(52-23-37(48)62)8-4-17-51-45(49)50)24-71-70-19-16-38(63)53-30(21-26-10-12-27(59)13-11-26)41(66)55-31(42(67)54-29)20-25-6-2-1-3-7-25/h1-3,6-7,10-13,28-34,52,59H,4-5,8-9,14-24H2,(H2,46,60)(H2,47,61)(H2,48,62)(H,53,63)(H,54,67)(H,55,66)(H,56,65)(H,57,68)(H4,49,50,51)/t28-,29+,30+,31+,32+,33+,34+/m1/s1. The van der Waals surface area contributed by atoms with Crippen molar-refractivity contribution in [1.82, 2.24) is 36.8 Å². The number of carbonyl (C=O) groups is 10. The number of phenols is 1. The summed E-state index contributed by atoms with van der Waals surface area (Å²) in [5, 5.41) is 25.7. The number of primary amides is 3. The van der Waals surface area contributed by atoms with Gasteiger partial charge in [0.15, 0.2) is 11.7 Å². The molecule has 0 bridgehead atoms. The highest BCUT2D eigenvalue weighted by Gasteiger charge is 2.41. The molecule has 4 rings (SSSR count). The van der Waals surface area contributed by atoms with Crippen LogP contribution >= 0.6 is 21.6 Å². The normalized spacial score (nSPS) is 22.3. The van der Waals surface area contributed by atoms with Gasteiger partial charge in [0.25, 0.3) is 0 Å². The number of phenolic OH excluding ortho intramolecular Hbond substituents is 1. The largest absolute Gasteiger partial charge is 0.508 e. The molecule has 2 aromatic carbocycles. The van der Waals surface area contributed by atoms with E-state index in [1.165, 1.54) is 17.0 Å². The highest BCUT2D eigenvalue weighted by Crippen LogP contribution is 2.27. The van der Waals surface area contributed by atoms with Gasteiger partial charge in [-0.05, 0) is 55.4 Å². The molecule has 2 saturated heterocycles. The molecule has 2 heterocycles. The average molecular weight is 1030 g/mol. The summed E-state index contributed by atoms with van der Waals surface area (Å²) >= 11 is 0. The predicted molar refractivity (Wildman–Crippen MR) is 264 cm³/mol. The topological polar surface area (TPSA) is 409 Å². The number of nitrogens with one attached hydrogen (secondary N) is 6. The molecular weight excluding hydrogens is 963 g/mol. The summed E-state index contributed by atoms with van der Waals surface area (Å²) < 4.78 is 0. The van der Waals surface area contributed by atoms with Crippen molar-refractivity contribution >= 4 is 86.5 Å². The van der Waals surface area contributed by atoms with E-state index in [0.717, 1.165) is 21.6 Å². The Morgan fingerprint density at radius 2 is 1.34 bits per heavy atom. The van der Waals surface area contributed by atoms with E-state index in [9.17, 15) is 53.1 Å². The molecule has 2 aliphatic rings. The average Bonchev–Trinajstić information content (AvgIpc) is 3.81. The number of aliphatic imine (C=N–C) groups is 1. The molecule has 2 aliphatic heterocycles. The SMILES string of the molecule is NC(=O)CC[C@@H]1NC(=O)[C@H](Cc2ccccc2)NC(=O)[C@H](Cc2ccc(O)cc2)NC(=O)CCSSC[C@@H](C(=O)N2CCC[C@H]2C(=O)[C@@H](CCCN=C(N)N)NCC(N)=O)NC(=O)[C@H](CC(N)=O)NC1=O. The number of amides is 9. The lowest BCUT2D eigenvalue weighted by Gasteiger charge is -2.31. The summed E-state index contributed by atoms with van der Waals surface area (Å²) in [6, 6.07) is 5.18. The van der Waals surface area contributed by atoms with Gasteiger partial charge in [-0.3, -0.25) is 58.3 Å². The van der Waals surface area contributed by atoms with E-state index in [0.29, 0.717) is 24.0 Å². The van der Waals surface area contributed by atoms with E-state index in [4.69, 9.17) is 28.7 Å². The van der Waals surface area contributed by atoms with Crippen molar-refractivity contribution in [1.29, 1.82) is 0 Å². The van der Waals surface area contributed by atoms with Crippen LogP contribution in [-0.4, -0.2) is 148 Å². The number of Topliss-reactive ketones (excluding diaryl/α,β-unsaturated/α-hetero) is 1. The predicted octanol–water partition coefficient (Wildman–Crippen LogP) is -3.42. The Bertz CT molecular complexity index is 2250. The lowest BCUT2D eigenvalue weighted by molar-refractivity contribution is -0.141. The van der Waals surface area contributed by atoms with Crippen molar-refractivity contribution in [2.45, 2.75) is 107 Å². The molecule has 26 heteroatoms. The van der Waals surface area contributed by atoms with Gasteiger partial charge in [0.1, 0.15) is 36.0 Å². The van der Waals surface area contributed by atoms with Gasteiger partial charge in [0, 0.05) is 50.3 Å². The van der Waals surface area contributed by atoms with Gasteiger partial charge < -0.3 is 65.3 Å². The van der Waals surface area contributed by atoms with E-state index in [1.54, 1.807) is 42.5 Å². The van der Waals surface area contributed by atoms with Crippen LogP contribution in [0, 0.1) is 0 Å². The number of guanidine groups is 1. The molecule has 2 aromatic rings. The van der Waals surface area contributed by atoms with Crippen LogP contribution in [0.5, 0.6) is 5.75 Å². The van der Waals surface area contributed by atoms with E-state index in [-0.39, 0.29) is 75.0 Å². The first kappa shape index (κ1) is 56.7. The molecule has 7 atom stereocenters. The molecule has 2 fully saturated rings. The van der Waals surface area contributed by atoms with Crippen molar-refractivity contribution in [3.8, 4) is 5.75 Å². The number of nitrogens with zero attached hydrogens (tertiary/aromatic N) is 2. The molecule has 9 amide bonds. The summed E-state index contributed by atoms with van der Waals surface area (Å²) in [4.78, 5) is 140. The molecule has 24 nitrogen and oxygen atoms in total. The van der Waals surface area contributed by atoms with Crippen LogP contribution in [-0.2, 0) is 60.8 Å². The lowest BCUT2D eigenvalue weighted by atomic mass is 9.98. The van der Waals surface area contributed by atoms with Gasteiger partial charge in [0.2, 0.25) is 53.2 Å². The van der Waals surface area contributed by atoms with Crippen LogP contribution in [0.3, 0.4) is 0 Å². The second-order valence-electron chi connectivity index (χ2n) is 16.9. The molecular formula is C45H63N13O11S2. The second-order valence-corrected chi connectivity index (χ2v) is 19.5. The minimum absolute atomic E-state index is 0.0315. The third-order valence-corrected chi connectivity index (χ3v) is 13.7. The third kappa shape index (κ3) is 19.4. The number of benzene rings is 2.